The zero-order valence-corrected chi connectivity index (χ0v) is 13.6. The van der Waals surface area contributed by atoms with Gasteiger partial charge in [0.15, 0.2) is 0 Å². The van der Waals surface area contributed by atoms with Crippen molar-refractivity contribution in [3.63, 3.8) is 0 Å². The van der Waals surface area contributed by atoms with Gasteiger partial charge < -0.3 is 0 Å². The summed E-state index contributed by atoms with van der Waals surface area (Å²) in [6, 6.07) is 6.57. The summed E-state index contributed by atoms with van der Waals surface area (Å²) in [6.45, 7) is 2.03. The fraction of sp³-hybridized carbons (Fsp3) is 0.167. The van der Waals surface area contributed by atoms with Crippen molar-refractivity contribution in [2.75, 3.05) is 0 Å². The molecule has 0 fully saturated rings. The second kappa shape index (κ2) is 5.39. The molecule has 5 heteroatoms. The molecule has 0 amide bonds. The lowest BCUT2D eigenvalue weighted by molar-refractivity contribution is 0.626. The summed E-state index contributed by atoms with van der Waals surface area (Å²) < 4.78 is 14.8. The summed E-state index contributed by atoms with van der Waals surface area (Å²) in [5.74, 6) is -0.270. The molecule has 17 heavy (non-hydrogen) atoms. The van der Waals surface area contributed by atoms with Gasteiger partial charge in [0.25, 0.3) is 0 Å². The normalized spacial score (nSPS) is 12.8. The first-order chi connectivity index (χ1) is 7.99. The molecule has 1 heterocycles. The Balaban J connectivity index is 2.39. The van der Waals surface area contributed by atoms with Crippen LogP contribution >= 0.6 is 54.8 Å². The van der Waals surface area contributed by atoms with Crippen molar-refractivity contribution in [1.82, 2.24) is 0 Å². The molecule has 0 saturated carbocycles. The summed E-state index contributed by atoms with van der Waals surface area (Å²) in [6.07, 6.45) is 0. The highest BCUT2D eigenvalue weighted by Crippen LogP contribution is 2.39. The predicted molar refractivity (Wildman–Crippen MR) is 78.6 cm³/mol. The second-order valence-corrected chi connectivity index (χ2v) is 7.01. The van der Waals surface area contributed by atoms with E-state index in [0.29, 0.717) is 4.47 Å². The fourth-order valence-corrected chi connectivity index (χ4v) is 4.12. The summed E-state index contributed by atoms with van der Waals surface area (Å²) in [7, 11) is 0. The maximum atomic E-state index is 13.0. The molecule has 1 unspecified atom stereocenters. The molecule has 0 bridgehead atoms. The monoisotopic (exact) mass is 396 g/mol. The Bertz CT molecular complexity index is 534. The van der Waals surface area contributed by atoms with Gasteiger partial charge in [-0.2, -0.15) is 0 Å². The maximum Gasteiger partial charge on any atom is 0.124 e. The molecule has 0 radical (unpaired) electrons. The van der Waals surface area contributed by atoms with E-state index in [1.807, 2.05) is 13.0 Å². The van der Waals surface area contributed by atoms with Crippen molar-refractivity contribution in [2.24, 2.45) is 0 Å². The second-order valence-electron chi connectivity index (χ2n) is 3.58. The predicted octanol–water partition coefficient (Wildman–Crippen LogP) is 6.05. The van der Waals surface area contributed by atoms with Gasteiger partial charge in [0.05, 0.1) is 5.38 Å². The topological polar surface area (TPSA) is 0 Å². The van der Waals surface area contributed by atoms with Crippen molar-refractivity contribution < 1.29 is 4.39 Å². The summed E-state index contributed by atoms with van der Waals surface area (Å²) in [5, 5.41) is -0.264. The third kappa shape index (κ3) is 2.92. The highest BCUT2D eigenvalue weighted by molar-refractivity contribution is 9.10. The van der Waals surface area contributed by atoms with E-state index >= 15 is 0 Å². The van der Waals surface area contributed by atoms with Gasteiger partial charge in [-0.05, 0) is 46.6 Å². The molecule has 0 nitrogen and oxygen atoms in total. The minimum Gasteiger partial charge on any atom is -0.207 e. The number of benzene rings is 1. The number of halogens is 4. The smallest absolute Gasteiger partial charge is 0.124 e. The van der Waals surface area contributed by atoms with Crippen LogP contribution in [0, 0.1) is 12.7 Å². The zero-order chi connectivity index (χ0) is 12.6. The average Bonchev–Trinajstić information content (AvgIpc) is 2.58. The lowest BCUT2D eigenvalue weighted by Gasteiger charge is -2.09. The first kappa shape index (κ1) is 13.5. The molecule has 90 valence electrons. The van der Waals surface area contributed by atoms with E-state index in [4.69, 9.17) is 11.6 Å². The maximum absolute atomic E-state index is 13.0. The van der Waals surface area contributed by atoms with Crippen molar-refractivity contribution in [3.8, 4) is 0 Å². The molecule has 0 aliphatic carbocycles. The van der Waals surface area contributed by atoms with Gasteiger partial charge in [0.2, 0.25) is 0 Å². The number of hydrogen-bond donors (Lipinski definition) is 0. The van der Waals surface area contributed by atoms with Crippen molar-refractivity contribution >= 4 is 54.8 Å². The number of alkyl halides is 1. The van der Waals surface area contributed by atoms with E-state index in [1.165, 1.54) is 17.0 Å². The van der Waals surface area contributed by atoms with Gasteiger partial charge in [-0.3, -0.25) is 0 Å². The Hall–Kier alpha value is 0.1000. The standard InChI is InChI=1S/C12H8Br2ClFS/c1-6-9(13)5-11(17-6)12(15)8-3-2-7(16)4-10(8)14/h2-5,12H,1H3. The van der Waals surface area contributed by atoms with E-state index < -0.39 is 0 Å². The molecule has 2 rings (SSSR count). The molecule has 1 aromatic carbocycles. The van der Waals surface area contributed by atoms with Crippen molar-refractivity contribution in [3.05, 3.63) is 54.3 Å². The van der Waals surface area contributed by atoms with Crippen molar-refractivity contribution in [1.29, 1.82) is 0 Å². The highest BCUT2D eigenvalue weighted by atomic mass is 79.9. The van der Waals surface area contributed by atoms with Crippen molar-refractivity contribution in [2.45, 2.75) is 12.3 Å². The Kier molecular flexibility index (Phi) is 4.29. The van der Waals surface area contributed by atoms with Crippen LogP contribution in [-0.2, 0) is 0 Å². The lowest BCUT2D eigenvalue weighted by Crippen LogP contribution is -1.92. The number of aryl methyl sites for hydroxylation is 1. The number of rotatable bonds is 2. The molecule has 2 aromatic rings. The Labute approximate surface area is 125 Å². The van der Waals surface area contributed by atoms with E-state index in [-0.39, 0.29) is 11.2 Å². The SMILES string of the molecule is Cc1sc(C(Cl)c2ccc(F)cc2Br)cc1Br. The number of thiophene rings is 1. The molecule has 1 atom stereocenters. The van der Waals surface area contributed by atoms with Gasteiger partial charge in [0.1, 0.15) is 5.82 Å². The molecule has 1 aromatic heterocycles. The molecule has 0 aliphatic heterocycles. The summed E-state index contributed by atoms with van der Waals surface area (Å²) in [4.78, 5) is 2.23. The van der Waals surface area contributed by atoms with E-state index in [0.717, 1.165) is 14.9 Å². The molecule has 0 aliphatic rings. The van der Waals surface area contributed by atoms with Crippen LogP contribution in [0.15, 0.2) is 33.2 Å². The van der Waals surface area contributed by atoms with Crippen LogP contribution in [0.3, 0.4) is 0 Å². The van der Waals surface area contributed by atoms with Gasteiger partial charge in [-0.1, -0.05) is 22.0 Å². The average molecular weight is 399 g/mol. The van der Waals surface area contributed by atoms with Gasteiger partial charge >= 0.3 is 0 Å². The largest absolute Gasteiger partial charge is 0.207 e. The third-order valence-corrected chi connectivity index (χ3v) is 5.85. The first-order valence-corrected chi connectivity index (χ1v) is 7.68. The van der Waals surface area contributed by atoms with Gasteiger partial charge in [-0.25, -0.2) is 4.39 Å². The van der Waals surface area contributed by atoms with E-state index in [1.54, 1.807) is 17.4 Å². The highest BCUT2D eigenvalue weighted by Gasteiger charge is 2.17. The Morgan fingerprint density at radius 3 is 2.47 bits per heavy atom. The van der Waals surface area contributed by atoms with Crippen LogP contribution in [0.4, 0.5) is 4.39 Å². The zero-order valence-electron chi connectivity index (χ0n) is 8.81. The van der Waals surface area contributed by atoms with Gasteiger partial charge in [0, 0.05) is 18.7 Å². The minimum absolute atomic E-state index is 0.264. The summed E-state index contributed by atoms with van der Waals surface area (Å²) in [5.41, 5.74) is 0.877. The Morgan fingerprint density at radius 2 is 1.94 bits per heavy atom. The Morgan fingerprint density at radius 1 is 1.24 bits per heavy atom. The van der Waals surface area contributed by atoms with Crippen LogP contribution in [0.2, 0.25) is 0 Å². The fourth-order valence-electron chi connectivity index (χ4n) is 1.47. The quantitative estimate of drug-likeness (QED) is 0.540. The van der Waals surface area contributed by atoms with Crippen LogP contribution < -0.4 is 0 Å². The third-order valence-electron chi connectivity index (χ3n) is 2.36. The van der Waals surface area contributed by atoms with Crippen LogP contribution in [-0.4, -0.2) is 0 Å². The minimum atomic E-state index is -0.270. The van der Waals surface area contributed by atoms with Crippen LogP contribution in [0.25, 0.3) is 0 Å². The first-order valence-electron chi connectivity index (χ1n) is 4.84. The molecule has 0 spiro atoms. The summed E-state index contributed by atoms with van der Waals surface area (Å²) >= 11 is 14.9. The molecular formula is C12H8Br2ClFS. The number of hydrogen-bond acceptors (Lipinski definition) is 1. The molecular weight excluding hydrogens is 390 g/mol. The lowest BCUT2D eigenvalue weighted by atomic mass is 10.1. The van der Waals surface area contributed by atoms with Crippen LogP contribution in [0.5, 0.6) is 0 Å². The van der Waals surface area contributed by atoms with E-state index in [9.17, 15) is 4.39 Å². The molecule has 0 saturated heterocycles. The molecule has 0 N–H and O–H groups in total. The van der Waals surface area contributed by atoms with Gasteiger partial charge in [-0.15, -0.1) is 22.9 Å². The van der Waals surface area contributed by atoms with Crippen LogP contribution in [0.1, 0.15) is 20.7 Å². The van der Waals surface area contributed by atoms with E-state index in [2.05, 4.69) is 31.9 Å².